The molecule has 26 heavy (non-hydrogen) atoms. The van der Waals surface area contributed by atoms with Crippen molar-refractivity contribution < 1.29 is 9.59 Å². The fraction of sp³-hybridized carbons (Fsp3) is 0.190. The van der Waals surface area contributed by atoms with Crippen LogP contribution in [-0.2, 0) is 16.1 Å². The largest absolute Gasteiger partial charge is 0.307 e. The molecule has 2 aromatic carbocycles. The molecule has 1 aliphatic rings. The second-order valence-corrected chi connectivity index (χ2v) is 7.17. The first-order chi connectivity index (χ1) is 12.4. The van der Waals surface area contributed by atoms with Gasteiger partial charge in [0.15, 0.2) is 0 Å². The summed E-state index contributed by atoms with van der Waals surface area (Å²) in [7, 11) is 0. The molecule has 0 N–H and O–H groups in total. The second-order valence-electron chi connectivity index (χ2n) is 6.38. The molecule has 1 amide bonds. The van der Waals surface area contributed by atoms with E-state index in [1.807, 2.05) is 26.0 Å². The zero-order chi connectivity index (χ0) is 18.8. The van der Waals surface area contributed by atoms with Gasteiger partial charge >= 0.3 is 0 Å². The number of rotatable bonds is 3. The Balaban J connectivity index is 2.12. The van der Waals surface area contributed by atoms with Crippen molar-refractivity contribution in [2.75, 3.05) is 4.90 Å². The normalized spacial score (nSPS) is 13.9. The van der Waals surface area contributed by atoms with Gasteiger partial charge in [0.25, 0.3) is 0 Å². The number of nitriles is 1. The van der Waals surface area contributed by atoms with E-state index in [0.717, 1.165) is 16.7 Å². The number of benzene rings is 2. The van der Waals surface area contributed by atoms with Crippen LogP contribution >= 0.6 is 15.9 Å². The molecular formula is C21H17BrN2O2. The Morgan fingerprint density at radius 3 is 2.62 bits per heavy atom. The van der Waals surface area contributed by atoms with Crippen LogP contribution in [0.5, 0.6) is 0 Å². The molecule has 0 fully saturated rings. The number of carbonyl (C=O) groups is 2. The topological polar surface area (TPSA) is 61.2 Å². The smallest absolute Gasteiger partial charge is 0.231 e. The molecular weight excluding hydrogens is 392 g/mol. The number of carbonyl (C=O) groups excluding carboxylic acids is 2. The van der Waals surface area contributed by atoms with Crippen molar-refractivity contribution in [3.63, 3.8) is 0 Å². The molecule has 5 heteroatoms. The van der Waals surface area contributed by atoms with Gasteiger partial charge < -0.3 is 4.90 Å². The molecule has 130 valence electrons. The van der Waals surface area contributed by atoms with Gasteiger partial charge in [0.2, 0.25) is 5.91 Å². The lowest BCUT2D eigenvalue weighted by molar-refractivity contribution is -0.118. The summed E-state index contributed by atoms with van der Waals surface area (Å²) in [5.41, 5.74) is 5.59. The van der Waals surface area contributed by atoms with Crippen LogP contribution in [0, 0.1) is 25.2 Å². The number of hydrogen-bond donors (Lipinski definition) is 0. The third kappa shape index (κ3) is 3.33. The number of aldehydes is 1. The van der Waals surface area contributed by atoms with Crippen molar-refractivity contribution in [2.24, 2.45) is 0 Å². The first-order valence-electron chi connectivity index (χ1n) is 8.19. The van der Waals surface area contributed by atoms with Crippen LogP contribution in [0.25, 0.3) is 4.48 Å². The Kier molecular flexibility index (Phi) is 5.06. The summed E-state index contributed by atoms with van der Waals surface area (Å²) in [6, 6.07) is 13.4. The fourth-order valence-corrected chi connectivity index (χ4v) is 3.57. The van der Waals surface area contributed by atoms with Crippen LogP contribution in [0.3, 0.4) is 0 Å². The van der Waals surface area contributed by atoms with Crippen molar-refractivity contribution in [3.8, 4) is 6.07 Å². The molecule has 0 unspecified atom stereocenters. The third-order valence-corrected chi connectivity index (χ3v) is 5.57. The van der Waals surface area contributed by atoms with E-state index in [4.69, 9.17) is 0 Å². The molecule has 0 spiro atoms. The maximum atomic E-state index is 12.9. The van der Waals surface area contributed by atoms with Gasteiger partial charge in [-0.05, 0) is 58.6 Å². The van der Waals surface area contributed by atoms with E-state index in [0.29, 0.717) is 34.1 Å². The Morgan fingerprint density at radius 1 is 1.19 bits per heavy atom. The van der Waals surface area contributed by atoms with Crippen LogP contribution in [0.4, 0.5) is 5.69 Å². The van der Waals surface area contributed by atoms with E-state index in [2.05, 4.69) is 28.1 Å². The molecule has 0 saturated heterocycles. The lowest BCUT2D eigenvalue weighted by Crippen LogP contribution is -2.30. The Bertz CT molecular complexity index is 986. The van der Waals surface area contributed by atoms with Gasteiger partial charge in [-0.1, -0.05) is 24.3 Å². The first kappa shape index (κ1) is 18.1. The van der Waals surface area contributed by atoms with Gasteiger partial charge in [0.1, 0.15) is 6.29 Å². The minimum Gasteiger partial charge on any atom is -0.307 e. The molecule has 1 aliphatic heterocycles. The van der Waals surface area contributed by atoms with Crippen molar-refractivity contribution in [1.82, 2.24) is 0 Å². The Hall–Kier alpha value is -2.71. The van der Waals surface area contributed by atoms with E-state index in [-0.39, 0.29) is 12.3 Å². The minimum atomic E-state index is -0.170. The fourth-order valence-electron chi connectivity index (χ4n) is 3.00. The van der Waals surface area contributed by atoms with Crippen LogP contribution in [0.1, 0.15) is 34.2 Å². The van der Waals surface area contributed by atoms with Gasteiger partial charge in [-0.15, -0.1) is 0 Å². The molecule has 0 radical (unpaired) electrons. The van der Waals surface area contributed by atoms with Gasteiger partial charge in [0, 0.05) is 15.6 Å². The van der Waals surface area contributed by atoms with Crippen molar-refractivity contribution >= 4 is 38.3 Å². The van der Waals surface area contributed by atoms with Crippen LogP contribution in [0.15, 0.2) is 42.0 Å². The highest BCUT2D eigenvalue weighted by Crippen LogP contribution is 2.38. The van der Waals surface area contributed by atoms with Crippen LogP contribution in [-0.4, -0.2) is 12.2 Å². The predicted octanol–water partition coefficient (Wildman–Crippen LogP) is 4.42. The van der Waals surface area contributed by atoms with Crippen molar-refractivity contribution in [3.05, 3.63) is 69.8 Å². The van der Waals surface area contributed by atoms with E-state index < -0.39 is 0 Å². The summed E-state index contributed by atoms with van der Waals surface area (Å²) in [6.07, 6.45) is 0.731. The van der Waals surface area contributed by atoms with Crippen molar-refractivity contribution in [1.29, 1.82) is 5.26 Å². The van der Waals surface area contributed by atoms with E-state index in [9.17, 15) is 14.9 Å². The highest BCUT2D eigenvalue weighted by atomic mass is 79.9. The van der Waals surface area contributed by atoms with Gasteiger partial charge in [0.05, 0.1) is 30.3 Å². The summed E-state index contributed by atoms with van der Waals surface area (Å²) < 4.78 is 0.600. The number of amides is 1. The molecule has 0 atom stereocenters. The minimum absolute atomic E-state index is 0.0193. The quantitative estimate of drug-likeness (QED) is 0.706. The summed E-state index contributed by atoms with van der Waals surface area (Å²) in [4.78, 5) is 26.0. The molecule has 1 heterocycles. The average molecular weight is 409 g/mol. The Labute approximate surface area is 160 Å². The number of anilines is 1. The number of fused-ring (bicyclic) bond motifs is 1. The zero-order valence-electron chi connectivity index (χ0n) is 14.5. The molecule has 0 aliphatic carbocycles. The summed E-state index contributed by atoms with van der Waals surface area (Å²) in [6.45, 7) is 4.46. The van der Waals surface area contributed by atoms with Gasteiger partial charge in [-0.2, -0.15) is 5.26 Å². The summed E-state index contributed by atoms with van der Waals surface area (Å²) >= 11 is 3.46. The maximum Gasteiger partial charge on any atom is 0.231 e. The molecule has 0 bridgehead atoms. The highest BCUT2D eigenvalue weighted by molar-refractivity contribution is 9.15. The summed E-state index contributed by atoms with van der Waals surface area (Å²) in [5.74, 6) is -0.170. The predicted molar refractivity (Wildman–Crippen MR) is 105 cm³/mol. The number of halogens is 1. The first-order valence-corrected chi connectivity index (χ1v) is 8.98. The number of nitrogens with zero attached hydrogens (tertiary/aromatic N) is 2. The SMILES string of the molecule is Cc1ccc(CN2C(=O)CC(C=O)=C(Br)c3ccc(C#N)cc32)cc1C. The summed E-state index contributed by atoms with van der Waals surface area (Å²) in [5, 5.41) is 9.25. The molecule has 4 nitrogen and oxygen atoms in total. The van der Waals surface area contributed by atoms with Gasteiger partial charge in [-0.3, -0.25) is 9.59 Å². The lowest BCUT2D eigenvalue weighted by Gasteiger charge is -2.24. The molecule has 0 aromatic heterocycles. The standard InChI is InChI=1S/C21H17BrN2O2/c1-13-3-4-16(7-14(13)2)11-24-19-8-15(10-23)5-6-18(19)21(22)17(12-25)9-20(24)26/h3-8,12H,9,11H2,1-2H3. The molecule has 2 aromatic rings. The highest BCUT2D eigenvalue weighted by Gasteiger charge is 2.27. The molecule has 3 rings (SSSR count). The van der Waals surface area contributed by atoms with Crippen LogP contribution < -0.4 is 4.90 Å². The van der Waals surface area contributed by atoms with Gasteiger partial charge in [-0.25, -0.2) is 0 Å². The van der Waals surface area contributed by atoms with Crippen molar-refractivity contribution in [2.45, 2.75) is 26.8 Å². The number of aryl methyl sites for hydroxylation is 2. The monoisotopic (exact) mass is 408 g/mol. The van der Waals surface area contributed by atoms with E-state index in [1.165, 1.54) is 5.56 Å². The third-order valence-electron chi connectivity index (χ3n) is 4.63. The zero-order valence-corrected chi connectivity index (χ0v) is 16.1. The maximum absolute atomic E-state index is 12.9. The average Bonchev–Trinajstić information content (AvgIpc) is 2.74. The number of hydrogen-bond acceptors (Lipinski definition) is 3. The van der Waals surface area contributed by atoms with Crippen LogP contribution in [0.2, 0.25) is 0 Å². The van der Waals surface area contributed by atoms with E-state index in [1.54, 1.807) is 23.1 Å². The van der Waals surface area contributed by atoms with E-state index >= 15 is 0 Å². The molecule has 0 saturated carbocycles. The lowest BCUT2D eigenvalue weighted by atomic mass is 10.0. The second kappa shape index (κ2) is 7.27. The Morgan fingerprint density at radius 2 is 1.96 bits per heavy atom.